The summed E-state index contributed by atoms with van der Waals surface area (Å²) in [6, 6.07) is 14.6. The molecule has 5 nitrogen and oxygen atoms in total. The second kappa shape index (κ2) is 10.9. The number of carbonyl (C=O) groups excluding carboxylic acids is 2. The summed E-state index contributed by atoms with van der Waals surface area (Å²) in [5.74, 6) is 0.522. The zero-order chi connectivity index (χ0) is 22.3. The molecule has 0 aromatic heterocycles. The van der Waals surface area contributed by atoms with Crippen molar-refractivity contribution in [2.45, 2.75) is 53.5 Å². The Morgan fingerprint density at radius 3 is 2.13 bits per heavy atom. The highest BCUT2D eigenvalue weighted by Crippen LogP contribution is 2.21. The highest BCUT2D eigenvalue weighted by Gasteiger charge is 2.21. The van der Waals surface area contributed by atoms with E-state index >= 15 is 0 Å². The molecule has 2 rings (SSSR count). The van der Waals surface area contributed by atoms with Crippen molar-refractivity contribution in [3.8, 4) is 0 Å². The number of hydrogen-bond donors (Lipinski definition) is 3. The van der Waals surface area contributed by atoms with E-state index in [-0.39, 0.29) is 30.9 Å². The summed E-state index contributed by atoms with van der Waals surface area (Å²) in [5, 5.41) is 7.64. The van der Waals surface area contributed by atoms with E-state index in [2.05, 4.69) is 62.6 Å². The number of benzene rings is 2. The molecule has 0 fully saturated rings. The lowest BCUT2D eigenvalue weighted by molar-refractivity contribution is -0.692. The second-order valence-corrected chi connectivity index (χ2v) is 8.60. The summed E-state index contributed by atoms with van der Waals surface area (Å²) in [5.41, 5.74) is 5.47. The Labute approximate surface area is 180 Å². The number of anilines is 1. The molecule has 0 saturated heterocycles. The van der Waals surface area contributed by atoms with Crippen LogP contribution in [0.3, 0.4) is 0 Å². The van der Waals surface area contributed by atoms with Crippen molar-refractivity contribution >= 4 is 17.5 Å². The van der Waals surface area contributed by atoms with E-state index in [1.54, 1.807) is 0 Å². The Kier molecular flexibility index (Phi) is 8.60. The second-order valence-electron chi connectivity index (χ2n) is 8.60. The van der Waals surface area contributed by atoms with E-state index in [4.69, 9.17) is 0 Å². The summed E-state index contributed by atoms with van der Waals surface area (Å²) in [6.07, 6.45) is 0. The molecule has 5 heteroatoms. The number of nitrogens with two attached hydrogens (primary N) is 1. The van der Waals surface area contributed by atoms with E-state index in [0.29, 0.717) is 11.8 Å². The van der Waals surface area contributed by atoms with Crippen molar-refractivity contribution in [2.24, 2.45) is 5.92 Å². The zero-order valence-electron chi connectivity index (χ0n) is 19.1. The van der Waals surface area contributed by atoms with Crippen molar-refractivity contribution in [3.05, 3.63) is 64.7 Å². The molecule has 2 aromatic rings. The first-order valence-electron chi connectivity index (χ1n) is 10.7. The summed E-state index contributed by atoms with van der Waals surface area (Å²) in [6.45, 7) is 12.9. The smallest absolute Gasteiger partial charge is 0.275 e. The van der Waals surface area contributed by atoms with Gasteiger partial charge in [-0.2, -0.15) is 0 Å². The van der Waals surface area contributed by atoms with E-state index in [1.165, 1.54) is 11.1 Å². The van der Waals surface area contributed by atoms with Gasteiger partial charge in [-0.3, -0.25) is 9.59 Å². The van der Waals surface area contributed by atoms with Gasteiger partial charge in [0.1, 0.15) is 6.04 Å². The third kappa shape index (κ3) is 6.70. The van der Waals surface area contributed by atoms with Crippen LogP contribution in [0.25, 0.3) is 0 Å². The average Bonchev–Trinajstić information content (AvgIpc) is 2.70. The number of nitrogens with one attached hydrogen (secondary N) is 2. The Bertz CT molecular complexity index is 857. The van der Waals surface area contributed by atoms with E-state index in [0.717, 1.165) is 16.8 Å². The SMILES string of the molecule is Cc1cccc(NC(=O)CNC(=O)C[NH2+][C@H](c2ccc(C(C)C)cc2)C(C)C)c1C. The predicted molar refractivity (Wildman–Crippen MR) is 122 cm³/mol. The van der Waals surface area contributed by atoms with Gasteiger partial charge in [0, 0.05) is 17.2 Å². The molecular weight excluding hydrogens is 374 g/mol. The molecule has 0 unspecified atom stereocenters. The van der Waals surface area contributed by atoms with Gasteiger partial charge in [0.2, 0.25) is 5.91 Å². The van der Waals surface area contributed by atoms with E-state index in [1.807, 2.05) is 37.4 Å². The van der Waals surface area contributed by atoms with Crippen LogP contribution in [0.15, 0.2) is 42.5 Å². The van der Waals surface area contributed by atoms with Crippen molar-refractivity contribution in [1.29, 1.82) is 0 Å². The topological polar surface area (TPSA) is 74.8 Å². The normalized spacial score (nSPS) is 12.1. The number of quaternary nitrogens is 1. The molecule has 0 aliphatic rings. The summed E-state index contributed by atoms with van der Waals surface area (Å²) >= 11 is 0. The lowest BCUT2D eigenvalue weighted by Crippen LogP contribution is -2.88. The molecule has 0 bridgehead atoms. The quantitative estimate of drug-likeness (QED) is 0.592. The molecule has 0 radical (unpaired) electrons. The number of rotatable bonds is 9. The first kappa shape index (κ1) is 23.6. The molecule has 2 amide bonds. The lowest BCUT2D eigenvalue weighted by atomic mass is 9.93. The lowest BCUT2D eigenvalue weighted by Gasteiger charge is -2.20. The standard InChI is InChI=1S/C25H35N3O2/c1-16(2)20-10-12-21(13-11-20)25(17(3)4)27-14-23(29)26-15-24(30)28-22-9-7-8-18(5)19(22)6/h7-13,16-17,25,27H,14-15H2,1-6H3,(H,26,29)(H,28,30)/p+1/t25-/m0/s1. The predicted octanol–water partition coefficient (Wildman–Crippen LogP) is 3.44. The highest BCUT2D eigenvalue weighted by atomic mass is 16.2. The minimum Gasteiger partial charge on any atom is -0.342 e. The monoisotopic (exact) mass is 410 g/mol. The Hall–Kier alpha value is -2.66. The van der Waals surface area contributed by atoms with Crippen molar-refractivity contribution in [2.75, 3.05) is 18.4 Å². The van der Waals surface area contributed by atoms with E-state index < -0.39 is 0 Å². The number of amides is 2. The van der Waals surface area contributed by atoms with Gasteiger partial charge in [0.15, 0.2) is 6.54 Å². The van der Waals surface area contributed by atoms with Crippen LogP contribution in [0.4, 0.5) is 5.69 Å². The van der Waals surface area contributed by atoms with Gasteiger partial charge in [0.05, 0.1) is 6.54 Å². The largest absolute Gasteiger partial charge is 0.342 e. The van der Waals surface area contributed by atoms with Crippen molar-refractivity contribution in [1.82, 2.24) is 5.32 Å². The van der Waals surface area contributed by atoms with E-state index in [9.17, 15) is 9.59 Å². The summed E-state index contributed by atoms with van der Waals surface area (Å²) in [4.78, 5) is 24.5. The van der Waals surface area contributed by atoms with Crippen LogP contribution in [0.2, 0.25) is 0 Å². The van der Waals surface area contributed by atoms with Gasteiger partial charge >= 0.3 is 0 Å². The fourth-order valence-electron chi connectivity index (χ4n) is 3.46. The van der Waals surface area contributed by atoms with Gasteiger partial charge in [0.25, 0.3) is 5.91 Å². The van der Waals surface area contributed by atoms with Crippen LogP contribution < -0.4 is 16.0 Å². The maximum atomic E-state index is 12.3. The van der Waals surface area contributed by atoms with Crippen LogP contribution in [-0.4, -0.2) is 24.9 Å². The van der Waals surface area contributed by atoms with Crippen molar-refractivity contribution < 1.29 is 14.9 Å². The maximum Gasteiger partial charge on any atom is 0.275 e. The molecule has 0 aliphatic carbocycles. The Morgan fingerprint density at radius 1 is 0.900 bits per heavy atom. The molecule has 1 atom stereocenters. The molecule has 0 aliphatic heterocycles. The molecule has 162 valence electrons. The Morgan fingerprint density at radius 2 is 1.53 bits per heavy atom. The fourth-order valence-corrected chi connectivity index (χ4v) is 3.46. The van der Waals surface area contributed by atoms with Crippen LogP contribution in [0.5, 0.6) is 0 Å². The Balaban J connectivity index is 1.85. The molecule has 0 heterocycles. The maximum absolute atomic E-state index is 12.3. The van der Waals surface area contributed by atoms with Crippen LogP contribution in [0, 0.1) is 19.8 Å². The van der Waals surface area contributed by atoms with Gasteiger partial charge < -0.3 is 16.0 Å². The molecule has 30 heavy (non-hydrogen) atoms. The minimum atomic E-state index is -0.221. The molecule has 0 spiro atoms. The van der Waals surface area contributed by atoms with Crippen LogP contribution >= 0.6 is 0 Å². The first-order valence-corrected chi connectivity index (χ1v) is 10.7. The van der Waals surface area contributed by atoms with Crippen LogP contribution in [0.1, 0.15) is 61.9 Å². The van der Waals surface area contributed by atoms with Crippen LogP contribution in [-0.2, 0) is 9.59 Å². The first-order chi connectivity index (χ1) is 14.2. The molecular formula is C25H36N3O2+. The number of aryl methyl sites for hydroxylation is 1. The number of carbonyl (C=O) groups is 2. The fraction of sp³-hybridized carbons (Fsp3) is 0.440. The van der Waals surface area contributed by atoms with Gasteiger partial charge in [-0.25, -0.2) is 0 Å². The summed E-state index contributed by atoms with van der Waals surface area (Å²) in [7, 11) is 0. The summed E-state index contributed by atoms with van der Waals surface area (Å²) < 4.78 is 0. The third-order valence-electron chi connectivity index (χ3n) is 5.59. The van der Waals surface area contributed by atoms with Gasteiger partial charge in [-0.05, 0) is 42.5 Å². The molecule has 0 saturated carbocycles. The molecule has 2 aromatic carbocycles. The minimum absolute atomic E-state index is 0.0323. The zero-order valence-corrected chi connectivity index (χ0v) is 19.1. The van der Waals surface area contributed by atoms with Gasteiger partial charge in [-0.1, -0.05) is 64.1 Å². The average molecular weight is 411 g/mol. The third-order valence-corrected chi connectivity index (χ3v) is 5.59. The van der Waals surface area contributed by atoms with Crippen molar-refractivity contribution in [3.63, 3.8) is 0 Å². The highest BCUT2D eigenvalue weighted by molar-refractivity contribution is 5.95. The van der Waals surface area contributed by atoms with Gasteiger partial charge in [-0.15, -0.1) is 0 Å². The molecule has 4 N–H and O–H groups in total. The number of hydrogen-bond acceptors (Lipinski definition) is 2.